The zero-order chi connectivity index (χ0) is 12.7. The lowest BCUT2D eigenvalue weighted by atomic mass is 10.1. The molecule has 0 aliphatic heterocycles. The number of benzene rings is 1. The molecule has 0 aromatic heterocycles. The second-order valence-corrected chi connectivity index (χ2v) is 5.12. The van der Waals surface area contributed by atoms with E-state index in [0.29, 0.717) is 6.61 Å². The van der Waals surface area contributed by atoms with Gasteiger partial charge in [-0.2, -0.15) is 0 Å². The second kappa shape index (κ2) is 7.64. The normalized spacial score (nSPS) is 10.5. The summed E-state index contributed by atoms with van der Waals surface area (Å²) in [7, 11) is 0. The highest BCUT2D eigenvalue weighted by Gasteiger charge is 1.97. The van der Waals surface area contributed by atoms with Crippen LogP contribution < -0.4 is 5.32 Å². The monoisotopic (exact) mass is 297 g/mol. The molecule has 17 heavy (non-hydrogen) atoms. The Morgan fingerprint density at radius 3 is 2.88 bits per heavy atom. The van der Waals surface area contributed by atoms with Crippen molar-refractivity contribution in [2.75, 3.05) is 19.8 Å². The highest BCUT2D eigenvalue weighted by Crippen LogP contribution is 2.16. The highest BCUT2D eigenvalue weighted by molar-refractivity contribution is 9.10. The maximum atomic E-state index is 5.41. The molecule has 0 unspecified atom stereocenters. The fourth-order valence-electron chi connectivity index (χ4n) is 1.44. The predicted octanol–water partition coefficient (Wildman–Crippen LogP) is 3.44. The van der Waals surface area contributed by atoms with E-state index < -0.39 is 0 Å². The van der Waals surface area contributed by atoms with Gasteiger partial charge in [0.25, 0.3) is 0 Å². The zero-order valence-corrected chi connectivity index (χ0v) is 12.1. The highest BCUT2D eigenvalue weighted by atomic mass is 79.9. The summed E-state index contributed by atoms with van der Waals surface area (Å²) in [5.74, 6) is 0. The summed E-state index contributed by atoms with van der Waals surface area (Å²) in [5, 5.41) is 3.35. The number of aryl methyl sites for hydroxylation is 1. The van der Waals surface area contributed by atoms with Crippen LogP contribution in [0.3, 0.4) is 0 Å². The summed E-state index contributed by atoms with van der Waals surface area (Å²) >= 11 is 3.50. The molecule has 0 spiro atoms. The van der Waals surface area contributed by atoms with Crippen LogP contribution in [0.4, 0.5) is 0 Å². The van der Waals surface area contributed by atoms with Crippen LogP contribution in [0, 0.1) is 6.92 Å². The lowest BCUT2D eigenvalue weighted by molar-refractivity contribution is 0.158. The number of halogens is 1. The van der Waals surface area contributed by atoms with E-state index in [9.17, 15) is 0 Å². The van der Waals surface area contributed by atoms with Crippen molar-refractivity contribution in [1.82, 2.24) is 5.32 Å². The molecule has 1 N–H and O–H groups in total. The van der Waals surface area contributed by atoms with Crippen LogP contribution in [0.25, 0.3) is 0 Å². The quantitative estimate of drug-likeness (QED) is 0.615. The molecule has 0 aliphatic rings. The molecule has 0 saturated carbocycles. The van der Waals surface area contributed by atoms with Gasteiger partial charge in [0.15, 0.2) is 0 Å². The molecule has 2 nitrogen and oxygen atoms in total. The van der Waals surface area contributed by atoms with Crippen LogP contribution in [0.2, 0.25) is 0 Å². The molecule has 1 aromatic rings. The van der Waals surface area contributed by atoms with Crippen LogP contribution in [-0.2, 0) is 11.3 Å². The molecule has 1 rings (SSSR count). The van der Waals surface area contributed by atoms with Crippen molar-refractivity contribution < 1.29 is 4.74 Å². The van der Waals surface area contributed by atoms with Gasteiger partial charge in [0.1, 0.15) is 0 Å². The van der Waals surface area contributed by atoms with Gasteiger partial charge < -0.3 is 10.1 Å². The van der Waals surface area contributed by atoms with E-state index in [1.54, 1.807) is 0 Å². The Bertz CT molecular complexity index is 376. The van der Waals surface area contributed by atoms with E-state index in [-0.39, 0.29) is 0 Å². The molecule has 0 atom stereocenters. The Morgan fingerprint density at radius 1 is 1.47 bits per heavy atom. The van der Waals surface area contributed by atoms with E-state index in [1.807, 2.05) is 6.92 Å². The first-order valence-electron chi connectivity index (χ1n) is 5.77. The smallest absolute Gasteiger partial charge is 0.0672 e. The van der Waals surface area contributed by atoms with Crippen LogP contribution in [0.1, 0.15) is 18.1 Å². The van der Waals surface area contributed by atoms with Crippen molar-refractivity contribution in [2.45, 2.75) is 20.4 Å². The predicted molar refractivity (Wildman–Crippen MR) is 76.2 cm³/mol. The van der Waals surface area contributed by atoms with Gasteiger partial charge in [0.2, 0.25) is 0 Å². The molecule has 94 valence electrons. The van der Waals surface area contributed by atoms with Crippen molar-refractivity contribution in [3.05, 3.63) is 46.0 Å². The minimum absolute atomic E-state index is 0.652. The van der Waals surface area contributed by atoms with Gasteiger partial charge >= 0.3 is 0 Å². The van der Waals surface area contributed by atoms with Crippen molar-refractivity contribution in [3.63, 3.8) is 0 Å². The third-order valence-corrected chi connectivity index (χ3v) is 3.21. The first kappa shape index (κ1) is 14.4. The molecular formula is C14H20BrNO. The first-order chi connectivity index (χ1) is 8.09. The van der Waals surface area contributed by atoms with E-state index in [2.05, 4.69) is 52.9 Å². The Labute approximate surface area is 112 Å². The van der Waals surface area contributed by atoms with Crippen LogP contribution in [-0.4, -0.2) is 19.8 Å². The summed E-state index contributed by atoms with van der Waals surface area (Å²) < 4.78 is 6.56. The standard InChI is InChI=1S/C14H20BrNO/c1-11(2)10-17-7-6-16-9-13-4-5-14(15)12(3)8-13/h4-5,8,16H,1,6-7,9-10H2,2-3H3. The average molecular weight is 298 g/mol. The largest absolute Gasteiger partial charge is 0.376 e. The summed E-state index contributed by atoms with van der Waals surface area (Å²) in [4.78, 5) is 0. The van der Waals surface area contributed by atoms with Gasteiger partial charge in [-0.3, -0.25) is 0 Å². The molecule has 1 aromatic carbocycles. The lowest BCUT2D eigenvalue weighted by Crippen LogP contribution is -2.19. The third-order valence-electron chi connectivity index (χ3n) is 2.32. The van der Waals surface area contributed by atoms with Gasteiger partial charge in [-0.25, -0.2) is 0 Å². The van der Waals surface area contributed by atoms with Gasteiger partial charge in [0, 0.05) is 17.6 Å². The van der Waals surface area contributed by atoms with E-state index in [0.717, 1.165) is 29.7 Å². The Hall–Kier alpha value is -0.640. The number of nitrogens with one attached hydrogen (secondary N) is 1. The first-order valence-corrected chi connectivity index (χ1v) is 6.57. The molecule has 3 heteroatoms. The summed E-state index contributed by atoms with van der Waals surface area (Å²) in [5.41, 5.74) is 3.63. The average Bonchev–Trinajstić information content (AvgIpc) is 2.27. The van der Waals surface area contributed by atoms with Crippen molar-refractivity contribution in [1.29, 1.82) is 0 Å². The zero-order valence-electron chi connectivity index (χ0n) is 10.6. The molecule has 0 amide bonds. The molecule has 0 radical (unpaired) electrons. The summed E-state index contributed by atoms with van der Waals surface area (Å²) in [6.45, 7) is 11.0. The number of ether oxygens (including phenoxy) is 1. The molecule has 0 saturated heterocycles. The summed E-state index contributed by atoms with van der Waals surface area (Å²) in [6.07, 6.45) is 0. The fourth-order valence-corrected chi connectivity index (χ4v) is 1.69. The van der Waals surface area contributed by atoms with E-state index in [1.165, 1.54) is 11.1 Å². The van der Waals surface area contributed by atoms with Gasteiger partial charge in [-0.05, 0) is 31.0 Å². The van der Waals surface area contributed by atoms with Gasteiger partial charge in [0.05, 0.1) is 13.2 Å². The van der Waals surface area contributed by atoms with Crippen LogP contribution in [0.5, 0.6) is 0 Å². The molecule has 0 fully saturated rings. The maximum Gasteiger partial charge on any atom is 0.0672 e. The van der Waals surface area contributed by atoms with Crippen LogP contribution >= 0.6 is 15.9 Å². The second-order valence-electron chi connectivity index (χ2n) is 4.27. The Balaban J connectivity index is 2.18. The van der Waals surface area contributed by atoms with Crippen LogP contribution in [0.15, 0.2) is 34.8 Å². The Kier molecular flexibility index (Phi) is 6.48. The van der Waals surface area contributed by atoms with E-state index >= 15 is 0 Å². The fraction of sp³-hybridized carbons (Fsp3) is 0.429. The topological polar surface area (TPSA) is 21.3 Å². The summed E-state index contributed by atoms with van der Waals surface area (Å²) in [6, 6.07) is 6.40. The third kappa shape index (κ3) is 6.01. The Morgan fingerprint density at radius 2 is 2.24 bits per heavy atom. The molecule has 0 aliphatic carbocycles. The molecule has 0 bridgehead atoms. The van der Waals surface area contributed by atoms with Crippen molar-refractivity contribution in [3.8, 4) is 0 Å². The number of hydrogen-bond donors (Lipinski definition) is 1. The SMILES string of the molecule is C=C(C)COCCNCc1ccc(Br)c(C)c1. The lowest BCUT2D eigenvalue weighted by Gasteiger charge is -2.07. The molecule has 0 heterocycles. The number of rotatable bonds is 7. The minimum atomic E-state index is 0.652. The maximum absolute atomic E-state index is 5.41. The van der Waals surface area contributed by atoms with Gasteiger partial charge in [-0.15, -0.1) is 0 Å². The van der Waals surface area contributed by atoms with Crippen molar-refractivity contribution >= 4 is 15.9 Å². The minimum Gasteiger partial charge on any atom is -0.376 e. The van der Waals surface area contributed by atoms with Crippen molar-refractivity contribution in [2.24, 2.45) is 0 Å². The van der Waals surface area contributed by atoms with E-state index in [4.69, 9.17) is 4.74 Å². The number of hydrogen-bond acceptors (Lipinski definition) is 2. The molecular weight excluding hydrogens is 278 g/mol. The van der Waals surface area contributed by atoms with Gasteiger partial charge in [-0.1, -0.05) is 40.2 Å².